The third-order valence-corrected chi connectivity index (χ3v) is 7.86. The predicted octanol–water partition coefficient (Wildman–Crippen LogP) is 6.37. The molecule has 0 spiro atoms. The Morgan fingerprint density at radius 3 is 2.56 bits per heavy atom. The number of hydrogen-bond acceptors (Lipinski definition) is 2. The summed E-state index contributed by atoms with van der Waals surface area (Å²) in [5.41, 5.74) is 6.99. The number of aryl methyl sites for hydroxylation is 1. The Kier molecular flexibility index (Phi) is 5.72. The summed E-state index contributed by atoms with van der Waals surface area (Å²) in [7, 11) is 0. The maximum absolute atomic E-state index is 6.48. The van der Waals surface area contributed by atoms with Gasteiger partial charge in [-0.2, -0.15) is 0 Å². The van der Waals surface area contributed by atoms with E-state index in [1.165, 1.54) is 42.6 Å². The van der Waals surface area contributed by atoms with E-state index in [1.54, 1.807) is 0 Å². The summed E-state index contributed by atoms with van der Waals surface area (Å²) >= 11 is 12.4. The molecule has 166 valence electrons. The van der Waals surface area contributed by atoms with Gasteiger partial charge in [0.15, 0.2) is 5.11 Å². The standard InChI is InChI=1S/C26H29ClN4S/c1-16-15-20(18(3)30(16)23-13-8-11-21(27)17(23)2)25-24(22-12-6-7-14-28-22)29-26(32)31(25)19-9-4-5-10-19/h6-8,11-15,19,24-25H,4-5,9-10H2,1-3H3,(H,29,32)/t24-,25+/m0/s1. The van der Waals surface area contributed by atoms with E-state index in [9.17, 15) is 0 Å². The number of aromatic nitrogens is 2. The minimum atomic E-state index is 0.0266. The van der Waals surface area contributed by atoms with Crippen molar-refractivity contribution >= 4 is 28.9 Å². The van der Waals surface area contributed by atoms with Crippen molar-refractivity contribution in [1.82, 2.24) is 19.8 Å². The highest BCUT2D eigenvalue weighted by Gasteiger charge is 2.44. The number of hydrogen-bond donors (Lipinski definition) is 1. The lowest BCUT2D eigenvalue weighted by molar-refractivity contribution is 0.245. The van der Waals surface area contributed by atoms with Crippen LogP contribution in [0.25, 0.3) is 5.69 Å². The second kappa shape index (κ2) is 8.53. The molecule has 1 aromatic carbocycles. The highest BCUT2D eigenvalue weighted by molar-refractivity contribution is 7.80. The highest BCUT2D eigenvalue weighted by Crippen LogP contribution is 2.45. The van der Waals surface area contributed by atoms with Gasteiger partial charge in [-0.15, -0.1) is 0 Å². The van der Waals surface area contributed by atoms with Crippen LogP contribution in [-0.2, 0) is 0 Å². The first-order chi connectivity index (χ1) is 15.5. The summed E-state index contributed by atoms with van der Waals surface area (Å²) in [6.45, 7) is 6.48. The van der Waals surface area contributed by atoms with Crippen LogP contribution >= 0.6 is 23.8 Å². The number of nitrogens with one attached hydrogen (secondary N) is 1. The van der Waals surface area contributed by atoms with E-state index in [2.05, 4.69) is 59.8 Å². The second-order valence-electron chi connectivity index (χ2n) is 9.02. The fourth-order valence-corrected chi connectivity index (χ4v) is 6.13. The molecular formula is C26H29ClN4S. The van der Waals surface area contributed by atoms with E-state index in [0.717, 1.165) is 27.1 Å². The summed E-state index contributed by atoms with van der Waals surface area (Å²) in [5, 5.41) is 5.27. The molecule has 0 radical (unpaired) electrons. The van der Waals surface area contributed by atoms with Crippen LogP contribution in [0.2, 0.25) is 5.02 Å². The average Bonchev–Trinajstić information content (AvgIpc) is 3.49. The van der Waals surface area contributed by atoms with Gasteiger partial charge < -0.3 is 14.8 Å². The number of thiocarbonyl (C=S) groups is 1. The molecule has 3 aromatic rings. The van der Waals surface area contributed by atoms with Crippen LogP contribution < -0.4 is 5.32 Å². The van der Waals surface area contributed by atoms with E-state index in [1.807, 2.05) is 24.4 Å². The Morgan fingerprint density at radius 1 is 1.06 bits per heavy atom. The summed E-state index contributed by atoms with van der Waals surface area (Å²) in [5.74, 6) is 0. The van der Waals surface area contributed by atoms with Gasteiger partial charge in [0.1, 0.15) is 0 Å². The molecule has 1 saturated carbocycles. The first-order valence-electron chi connectivity index (χ1n) is 11.4. The third-order valence-electron chi connectivity index (χ3n) is 7.12. The SMILES string of the molecule is Cc1c(Cl)cccc1-n1c(C)cc([C@@H]2[C@H](c3ccccn3)NC(=S)N2C2CCCC2)c1C. The van der Waals surface area contributed by atoms with E-state index in [4.69, 9.17) is 28.8 Å². The first-order valence-corrected chi connectivity index (χ1v) is 12.2. The van der Waals surface area contributed by atoms with Crippen molar-refractivity contribution in [2.75, 3.05) is 0 Å². The topological polar surface area (TPSA) is 33.1 Å². The minimum absolute atomic E-state index is 0.0266. The summed E-state index contributed by atoms with van der Waals surface area (Å²) in [6, 6.07) is 15.2. The van der Waals surface area contributed by atoms with Gasteiger partial charge in [-0.05, 0) is 87.3 Å². The van der Waals surface area contributed by atoms with Crippen LogP contribution in [0.1, 0.15) is 66.0 Å². The van der Waals surface area contributed by atoms with Crippen LogP contribution in [0.15, 0.2) is 48.7 Å². The zero-order valence-corrected chi connectivity index (χ0v) is 20.4. The fourth-order valence-electron chi connectivity index (χ4n) is 5.57. The summed E-state index contributed by atoms with van der Waals surface area (Å²) in [6.07, 6.45) is 6.80. The van der Waals surface area contributed by atoms with Gasteiger partial charge in [-0.3, -0.25) is 4.98 Å². The molecule has 5 rings (SSSR count). The monoisotopic (exact) mass is 464 g/mol. The van der Waals surface area contributed by atoms with E-state index < -0.39 is 0 Å². The molecule has 3 heterocycles. The maximum Gasteiger partial charge on any atom is 0.170 e. The normalized spacial score (nSPS) is 21.4. The van der Waals surface area contributed by atoms with Crippen LogP contribution in [0.5, 0.6) is 0 Å². The molecule has 2 atom stereocenters. The Balaban J connectivity index is 1.66. The molecule has 1 N–H and O–H groups in total. The Bertz CT molecular complexity index is 1150. The number of benzene rings is 1. The maximum atomic E-state index is 6.48. The molecule has 0 unspecified atom stereocenters. The van der Waals surface area contributed by atoms with Crippen molar-refractivity contribution in [2.45, 2.75) is 64.6 Å². The molecule has 32 heavy (non-hydrogen) atoms. The lowest BCUT2D eigenvalue weighted by atomic mass is 9.95. The quantitative estimate of drug-likeness (QED) is 0.455. The lowest BCUT2D eigenvalue weighted by Crippen LogP contribution is -2.37. The number of rotatable bonds is 4. The molecule has 1 aliphatic heterocycles. The number of pyridine rings is 1. The smallest absolute Gasteiger partial charge is 0.170 e. The third kappa shape index (κ3) is 3.52. The van der Waals surface area contributed by atoms with Crippen molar-refractivity contribution in [2.24, 2.45) is 0 Å². The lowest BCUT2D eigenvalue weighted by Gasteiger charge is -2.33. The zero-order chi connectivity index (χ0) is 22.4. The van der Waals surface area contributed by atoms with Gasteiger partial charge in [-0.1, -0.05) is 36.6 Å². The summed E-state index contributed by atoms with van der Waals surface area (Å²) < 4.78 is 2.33. The molecular weight excluding hydrogens is 436 g/mol. The van der Waals surface area contributed by atoms with Gasteiger partial charge in [0, 0.05) is 34.3 Å². The van der Waals surface area contributed by atoms with Gasteiger partial charge in [0.05, 0.1) is 17.8 Å². The summed E-state index contributed by atoms with van der Waals surface area (Å²) in [4.78, 5) is 7.17. The largest absolute Gasteiger partial charge is 0.352 e. The first kappa shape index (κ1) is 21.5. The highest BCUT2D eigenvalue weighted by atomic mass is 35.5. The molecule has 2 aliphatic rings. The van der Waals surface area contributed by atoms with Crippen molar-refractivity contribution < 1.29 is 0 Å². The van der Waals surface area contributed by atoms with Crippen LogP contribution in [0.3, 0.4) is 0 Å². The number of nitrogens with zero attached hydrogens (tertiary/aromatic N) is 3. The van der Waals surface area contributed by atoms with Crippen LogP contribution in [-0.4, -0.2) is 25.6 Å². The molecule has 1 aliphatic carbocycles. The zero-order valence-electron chi connectivity index (χ0n) is 18.8. The van der Waals surface area contributed by atoms with Crippen molar-refractivity contribution in [3.8, 4) is 5.69 Å². The molecule has 1 saturated heterocycles. The number of halogens is 1. The van der Waals surface area contributed by atoms with Crippen LogP contribution in [0, 0.1) is 20.8 Å². The molecule has 4 nitrogen and oxygen atoms in total. The van der Waals surface area contributed by atoms with Gasteiger partial charge >= 0.3 is 0 Å². The predicted molar refractivity (Wildman–Crippen MR) is 135 cm³/mol. The minimum Gasteiger partial charge on any atom is -0.352 e. The Morgan fingerprint density at radius 2 is 1.84 bits per heavy atom. The van der Waals surface area contributed by atoms with Crippen molar-refractivity contribution in [3.05, 3.63) is 81.9 Å². The Labute approximate surface area is 200 Å². The van der Waals surface area contributed by atoms with E-state index in [0.29, 0.717) is 6.04 Å². The molecule has 2 fully saturated rings. The Hall–Kier alpha value is -2.37. The average molecular weight is 465 g/mol. The van der Waals surface area contributed by atoms with Crippen molar-refractivity contribution in [3.63, 3.8) is 0 Å². The molecule has 6 heteroatoms. The second-order valence-corrected chi connectivity index (χ2v) is 9.81. The fraction of sp³-hybridized carbons (Fsp3) is 0.385. The van der Waals surface area contributed by atoms with Crippen LogP contribution in [0.4, 0.5) is 0 Å². The molecule has 0 bridgehead atoms. The van der Waals surface area contributed by atoms with Gasteiger partial charge in [0.25, 0.3) is 0 Å². The van der Waals surface area contributed by atoms with Gasteiger partial charge in [-0.25, -0.2) is 0 Å². The molecule has 2 aromatic heterocycles. The van der Waals surface area contributed by atoms with E-state index in [-0.39, 0.29) is 12.1 Å². The van der Waals surface area contributed by atoms with Gasteiger partial charge in [0.2, 0.25) is 0 Å². The van der Waals surface area contributed by atoms with Crippen molar-refractivity contribution in [1.29, 1.82) is 0 Å². The van der Waals surface area contributed by atoms with E-state index >= 15 is 0 Å². The molecule has 0 amide bonds.